The summed E-state index contributed by atoms with van der Waals surface area (Å²) in [5.74, 6) is 0.187. The Labute approximate surface area is 184 Å². The number of carbonyl (C=O) groups excluding carboxylic acids is 2. The lowest BCUT2D eigenvalue weighted by Gasteiger charge is -2.34. The lowest BCUT2D eigenvalue weighted by atomic mass is 9.96. The highest BCUT2D eigenvalue weighted by Crippen LogP contribution is 2.42. The molecule has 0 bridgehead atoms. The number of piperidine rings is 1. The van der Waals surface area contributed by atoms with Gasteiger partial charge < -0.3 is 9.42 Å². The number of nitrogens with one attached hydrogen (secondary N) is 1. The molecule has 12 heteroatoms. The molecule has 2 aromatic rings. The first kappa shape index (κ1) is 21.7. The molecule has 2 aliphatic heterocycles. The van der Waals surface area contributed by atoms with Gasteiger partial charge in [-0.25, -0.2) is 0 Å². The van der Waals surface area contributed by atoms with Gasteiger partial charge in [-0.1, -0.05) is 16.8 Å². The van der Waals surface area contributed by atoms with Crippen LogP contribution >= 0.6 is 23.4 Å². The summed E-state index contributed by atoms with van der Waals surface area (Å²) >= 11 is 6.95. The zero-order valence-corrected chi connectivity index (χ0v) is 17.7. The Bertz CT molecular complexity index is 1090. The molecule has 1 aromatic carbocycles. The van der Waals surface area contributed by atoms with E-state index in [0.29, 0.717) is 42.3 Å². The Kier molecular flexibility index (Phi) is 5.73. The van der Waals surface area contributed by atoms with Gasteiger partial charge in [0.2, 0.25) is 5.89 Å². The summed E-state index contributed by atoms with van der Waals surface area (Å²) in [6.07, 6.45) is -1.85. The molecule has 4 rings (SSSR count). The third-order valence-corrected chi connectivity index (χ3v) is 6.08. The van der Waals surface area contributed by atoms with Crippen molar-refractivity contribution >= 4 is 46.3 Å². The van der Waals surface area contributed by atoms with Gasteiger partial charge in [0.15, 0.2) is 5.82 Å². The number of aryl methyl sites for hydroxylation is 1. The number of hydrogen-bond acceptors (Lipinski definition) is 7. The standard InChI is InChI=1S/C19H16ClF3N4O3S/c1-9-24-17(30-26-9)10-3-2-4-27(8-10)15-11(6-14-16(28)25-18(29)31-14)5-12(7-13(15)20)19(21,22)23/h5-7,10H,2-4,8H2,1H3,(H,25,28,29)/b14-6-. The van der Waals surface area contributed by atoms with Crippen LogP contribution in [0.5, 0.6) is 0 Å². The van der Waals surface area contributed by atoms with Crippen molar-refractivity contribution in [2.24, 2.45) is 0 Å². The summed E-state index contributed by atoms with van der Waals surface area (Å²) < 4.78 is 45.5. The summed E-state index contributed by atoms with van der Waals surface area (Å²) in [7, 11) is 0. The fourth-order valence-electron chi connectivity index (χ4n) is 3.65. The number of anilines is 1. The van der Waals surface area contributed by atoms with E-state index in [0.717, 1.165) is 25.0 Å². The number of halogens is 4. The second kappa shape index (κ2) is 8.19. The van der Waals surface area contributed by atoms with Crippen molar-refractivity contribution in [2.75, 3.05) is 18.0 Å². The van der Waals surface area contributed by atoms with E-state index in [1.165, 1.54) is 6.08 Å². The maximum Gasteiger partial charge on any atom is 0.416 e. The van der Waals surface area contributed by atoms with E-state index in [9.17, 15) is 22.8 Å². The number of imide groups is 1. The Balaban J connectivity index is 1.76. The molecular weight excluding hydrogens is 457 g/mol. The summed E-state index contributed by atoms with van der Waals surface area (Å²) in [5.41, 5.74) is -0.477. The number of benzene rings is 1. The highest BCUT2D eigenvalue weighted by molar-refractivity contribution is 8.18. The van der Waals surface area contributed by atoms with Gasteiger partial charge in [0, 0.05) is 18.7 Å². The van der Waals surface area contributed by atoms with Crippen molar-refractivity contribution < 1.29 is 27.3 Å². The molecule has 2 saturated heterocycles. The summed E-state index contributed by atoms with van der Waals surface area (Å²) in [5, 5.41) is 5.22. The SMILES string of the molecule is Cc1noc(C2CCCN(c3c(Cl)cc(C(F)(F)F)cc3/C=C3\SC(=O)NC3=O)C2)n1. The summed E-state index contributed by atoms with van der Waals surface area (Å²) in [6, 6.07) is 1.80. The molecule has 0 spiro atoms. The topological polar surface area (TPSA) is 88.3 Å². The molecular formula is C19H16ClF3N4O3S. The predicted molar refractivity (Wildman–Crippen MR) is 109 cm³/mol. The van der Waals surface area contributed by atoms with Crippen molar-refractivity contribution in [2.45, 2.75) is 31.9 Å². The van der Waals surface area contributed by atoms with Crippen LogP contribution in [-0.4, -0.2) is 34.4 Å². The van der Waals surface area contributed by atoms with Crippen LogP contribution in [0.15, 0.2) is 21.6 Å². The van der Waals surface area contributed by atoms with Gasteiger partial charge >= 0.3 is 6.18 Å². The minimum Gasteiger partial charge on any atom is -0.369 e. The molecule has 1 unspecified atom stereocenters. The fraction of sp³-hybridized carbons (Fsp3) is 0.368. The minimum atomic E-state index is -4.62. The molecule has 2 amide bonds. The van der Waals surface area contributed by atoms with Gasteiger partial charge in [0.1, 0.15) is 0 Å². The van der Waals surface area contributed by atoms with Crippen LogP contribution in [0.4, 0.5) is 23.7 Å². The maximum atomic E-state index is 13.4. The van der Waals surface area contributed by atoms with Crippen molar-refractivity contribution in [1.82, 2.24) is 15.5 Å². The van der Waals surface area contributed by atoms with E-state index >= 15 is 0 Å². The van der Waals surface area contributed by atoms with Gasteiger partial charge in [0.25, 0.3) is 11.1 Å². The van der Waals surface area contributed by atoms with E-state index in [-0.39, 0.29) is 21.4 Å². The minimum absolute atomic E-state index is 0.00252. The van der Waals surface area contributed by atoms with Crippen LogP contribution in [0.2, 0.25) is 5.02 Å². The number of carbonyl (C=O) groups is 2. The quantitative estimate of drug-likeness (QED) is 0.644. The highest BCUT2D eigenvalue weighted by Gasteiger charge is 2.35. The zero-order chi connectivity index (χ0) is 22.3. The van der Waals surface area contributed by atoms with E-state index in [1.807, 2.05) is 4.90 Å². The molecule has 1 N–H and O–H groups in total. The Morgan fingerprint density at radius 1 is 1.35 bits per heavy atom. The molecule has 1 atom stereocenters. The molecule has 3 heterocycles. The van der Waals surface area contributed by atoms with Gasteiger partial charge in [-0.3, -0.25) is 14.9 Å². The van der Waals surface area contributed by atoms with Crippen LogP contribution in [0.3, 0.4) is 0 Å². The van der Waals surface area contributed by atoms with Gasteiger partial charge in [-0.2, -0.15) is 18.2 Å². The van der Waals surface area contributed by atoms with E-state index in [1.54, 1.807) is 6.92 Å². The van der Waals surface area contributed by atoms with Crippen molar-refractivity contribution in [3.8, 4) is 0 Å². The number of rotatable bonds is 3. The number of amides is 2. The highest BCUT2D eigenvalue weighted by atomic mass is 35.5. The van der Waals surface area contributed by atoms with Crippen molar-refractivity contribution in [3.63, 3.8) is 0 Å². The molecule has 1 aromatic heterocycles. The largest absolute Gasteiger partial charge is 0.416 e. The summed E-state index contributed by atoms with van der Waals surface area (Å²) in [4.78, 5) is 29.6. The number of alkyl halides is 3. The van der Waals surface area contributed by atoms with Gasteiger partial charge in [-0.15, -0.1) is 0 Å². The first-order valence-corrected chi connectivity index (χ1v) is 10.5. The number of aromatic nitrogens is 2. The summed E-state index contributed by atoms with van der Waals surface area (Å²) in [6.45, 7) is 2.65. The number of thioether (sulfide) groups is 1. The van der Waals surface area contributed by atoms with E-state index < -0.39 is 22.9 Å². The van der Waals surface area contributed by atoms with E-state index in [4.69, 9.17) is 16.1 Å². The monoisotopic (exact) mass is 472 g/mol. The average molecular weight is 473 g/mol. The lowest BCUT2D eigenvalue weighted by molar-refractivity contribution is -0.137. The second-order valence-electron chi connectivity index (χ2n) is 7.21. The van der Waals surface area contributed by atoms with Gasteiger partial charge in [-0.05, 0) is 49.7 Å². The molecule has 0 aliphatic carbocycles. The molecule has 2 aliphatic rings. The molecule has 164 valence electrons. The zero-order valence-electron chi connectivity index (χ0n) is 16.1. The van der Waals surface area contributed by atoms with Crippen LogP contribution in [0.1, 0.15) is 41.6 Å². The van der Waals surface area contributed by atoms with Crippen LogP contribution in [-0.2, 0) is 11.0 Å². The molecule has 7 nitrogen and oxygen atoms in total. The van der Waals surface area contributed by atoms with Gasteiger partial charge in [0.05, 0.1) is 27.1 Å². The van der Waals surface area contributed by atoms with Crippen LogP contribution in [0, 0.1) is 6.92 Å². The smallest absolute Gasteiger partial charge is 0.369 e. The Morgan fingerprint density at radius 3 is 2.74 bits per heavy atom. The fourth-order valence-corrected chi connectivity index (χ4v) is 4.67. The second-order valence-corrected chi connectivity index (χ2v) is 8.63. The van der Waals surface area contributed by atoms with E-state index in [2.05, 4.69) is 15.5 Å². The average Bonchev–Trinajstić information content (AvgIpc) is 3.25. The molecule has 0 saturated carbocycles. The van der Waals surface area contributed by atoms with Crippen LogP contribution in [0.25, 0.3) is 6.08 Å². The van der Waals surface area contributed by atoms with Crippen LogP contribution < -0.4 is 10.2 Å². The van der Waals surface area contributed by atoms with Crippen molar-refractivity contribution in [3.05, 3.63) is 44.9 Å². The molecule has 0 radical (unpaired) electrons. The predicted octanol–water partition coefficient (Wildman–Crippen LogP) is 4.76. The molecule has 2 fully saturated rings. The number of nitrogens with zero attached hydrogens (tertiary/aromatic N) is 3. The number of hydrogen-bond donors (Lipinski definition) is 1. The Hall–Kier alpha value is -2.53. The third-order valence-electron chi connectivity index (χ3n) is 4.98. The first-order valence-electron chi connectivity index (χ1n) is 9.32. The first-order chi connectivity index (χ1) is 14.6. The normalized spacial score (nSPS) is 21.1. The lowest BCUT2D eigenvalue weighted by Crippen LogP contribution is -2.35. The Morgan fingerprint density at radius 2 is 2.13 bits per heavy atom. The molecule has 31 heavy (non-hydrogen) atoms. The van der Waals surface area contributed by atoms with Crippen molar-refractivity contribution in [1.29, 1.82) is 0 Å². The maximum absolute atomic E-state index is 13.4. The third kappa shape index (κ3) is 4.57.